The molecule has 0 spiro atoms. The lowest BCUT2D eigenvalue weighted by Crippen LogP contribution is -1.98. The van der Waals surface area contributed by atoms with E-state index in [0.717, 1.165) is 5.56 Å². The normalized spacial score (nSPS) is 11.5. The third kappa shape index (κ3) is 4.00. The lowest BCUT2D eigenvalue weighted by atomic mass is 10.2. The van der Waals surface area contributed by atoms with Crippen LogP contribution in [0.3, 0.4) is 0 Å². The summed E-state index contributed by atoms with van der Waals surface area (Å²) >= 11 is 0. The third-order valence-electron chi connectivity index (χ3n) is 1.49. The zero-order valence-corrected chi connectivity index (χ0v) is 7.84. The lowest BCUT2D eigenvalue weighted by Gasteiger charge is -1.99. The molecule has 0 saturated heterocycles. The largest absolute Gasteiger partial charge is 0.437 e. The Labute approximate surface area is 76.6 Å². The molecule has 72 valence electrons. The van der Waals surface area contributed by atoms with Gasteiger partial charge in [-0.1, -0.05) is 33.7 Å². The highest BCUT2D eigenvalue weighted by molar-refractivity contribution is 7.81. The Morgan fingerprint density at radius 3 is 2.31 bits per heavy atom. The first-order valence-electron chi connectivity index (χ1n) is 3.62. The van der Waals surface area contributed by atoms with Gasteiger partial charge in [-0.2, -0.15) is 8.42 Å². The molecule has 0 aliphatic carbocycles. The quantitative estimate of drug-likeness (QED) is 0.704. The summed E-state index contributed by atoms with van der Waals surface area (Å²) in [7, 11) is -4.83. The Hall–Kier alpha value is -0.940. The number of rotatable bonds is 3. The van der Waals surface area contributed by atoms with Crippen LogP contribution in [-0.4, -0.2) is 8.42 Å². The van der Waals surface area contributed by atoms with Crippen molar-refractivity contribution in [2.75, 3.05) is 0 Å². The highest BCUT2D eigenvalue weighted by Crippen LogP contribution is 2.06. The molecule has 0 saturated carbocycles. The second-order valence-corrected chi connectivity index (χ2v) is 3.66. The summed E-state index contributed by atoms with van der Waals surface area (Å²) in [5.74, 6) is 0. The molecule has 0 unspecified atom stereocenters. The van der Waals surface area contributed by atoms with E-state index in [2.05, 4.69) is 4.18 Å². The highest BCUT2D eigenvalue weighted by Gasteiger charge is 2.06. The summed E-state index contributed by atoms with van der Waals surface area (Å²) < 4.78 is 35.8. The fourth-order valence-electron chi connectivity index (χ4n) is 0.823. The Bertz CT molecular complexity index is 369. The number of aryl methyl sites for hydroxylation is 1. The van der Waals surface area contributed by atoms with E-state index in [0.29, 0.717) is 5.56 Å². The first-order chi connectivity index (χ1) is 5.97. The van der Waals surface area contributed by atoms with E-state index in [9.17, 15) is 12.3 Å². The molecule has 0 aromatic heterocycles. The van der Waals surface area contributed by atoms with Crippen molar-refractivity contribution < 1.29 is 16.5 Å². The molecule has 0 radical (unpaired) electrons. The zero-order valence-electron chi connectivity index (χ0n) is 7.03. The van der Waals surface area contributed by atoms with Crippen molar-refractivity contribution in [3.8, 4) is 0 Å². The van der Waals surface area contributed by atoms with Crippen LogP contribution < -0.4 is 0 Å². The fraction of sp³-hybridized carbons (Fsp3) is 0.250. The first-order valence-corrected chi connectivity index (χ1v) is 4.93. The van der Waals surface area contributed by atoms with Crippen LogP contribution in [0.2, 0.25) is 0 Å². The molecule has 5 heteroatoms. The predicted molar refractivity (Wildman–Crippen MR) is 46.0 cm³/mol. The van der Waals surface area contributed by atoms with E-state index in [1.165, 1.54) is 0 Å². The van der Waals surface area contributed by atoms with Crippen molar-refractivity contribution in [2.45, 2.75) is 13.5 Å². The molecule has 1 aromatic carbocycles. The Morgan fingerprint density at radius 1 is 1.31 bits per heavy atom. The van der Waals surface area contributed by atoms with Gasteiger partial charge in [0, 0.05) is 0 Å². The average molecular weight is 204 g/mol. The molecular formula is C8H9FO3S. The van der Waals surface area contributed by atoms with Gasteiger partial charge in [-0.3, -0.25) is 0 Å². The molecule has 1 aromatic rings. The Kier molecular flexibility index (Phi) is 3.00. The molecule has 1 rings (SSSR count). The topological polar surface area (TPSA) is 43.4 Å². The van der Waals surface area contributed by atoms with E-state index >= 15 is 0 Å². The van der Waals surface area contributed by atoms with Crippen LogP contribution in [0.15, 0.2) is 24.3 Å². The van der Waals surface area contributed by atoms with Gasteiger partial charge in [0.05, 0.1) is 6.61 Å². The summed E-state index contributed by atoms with van der Waals surface area (Å²) in [6.07, 6.45) is 0. The van der Waals surface area contributed by atoms with Crippen LogP contribution in [0.4, 0.5) is 3.89 Å². The van der Waals surface area contributed by atoms with E-state index < -0.39 is 10.5 Å². The maximum absolute atomic E-state index is 11.9. The van der Waals surface area contributed by atoms with Crippen LogP contribution >= 0.6 is 0 Å². The minimum Gasteiger partial charge on any atom is -0.240 e. The fourth-order valence-corrected chi connectivity index (χ4v) is 1.10. The lowest BCUT2D eigenvalue weighted by molar-refractivity contribution is 0.284. The monoisotopic (exact) mass is 204 g/mol. The summed E-state index contributed by atoms with van der Waals surface area (Å²) in [6, 6.07) is 6.95. The summed E-state index contributed by atoms with van der Waals surface area (Å²) in [5.41, 5.74) is 1.67. The van der Waals surface area contributed by atoms with Gasteiger partial charge in [0.25, 0.3) is 0 Å². The van der Waals surface area contributed by atoms with E-state index in [-0.39, 0.29) is 6.61 Å². The van der Waals surface area contributed by atoms with E-state index in [4.69, 9.17) is 0 Å². The van der Waals surface area contributed by atoms with Gasteiger partial charge < -0.3 is 0 Å². The molecule has 0 atom stereocenters. The maximum Gasteiger partial charge on any atom is 0.437 e. The molecular weight excluding hydrogens is 195 g/mol. The predicted octanol–water partition coefficient (Wildman–Crippen LogP) is 1.73. The number of hydrogen-bond donors (Lipinski definition) is 0. The molecule has 0 aliphatic rings. The van der Waals surface area contributed by atoms with E-state index in [1.54, 1.807) is 24.3 Å². The number of benzene rings is 1. The van der Waals surface area contributed by atoms with Crippen LogP contribution in [0.5, 0.6) is 0 Å². The molecule has 0 N–H and O–H groups in total. The van der Waals surface area contributed by atoms with Gasteiger partial charge in [-0.15, -0.1) is 0 Å². The van der Waals surface area contributed by atoms with Crippen LogP contribution in [0, 0.1) is 6.92 Å². The van der Waals surface area contributed by atoms with Crippen molar-refractivity contribution in [1.82, 2.24) is 0 Å². The molecule has 0 bridgehead atoms. The van der Waals surface area contributed by atoms with Crippen molar-refractivity contribution in [1.29, 1.82) is 0 Å². The SMILES string of the molecule is Cc1ccc(COS(=O)(=O)F)cc1. The van der Waals surface area contributed by atoms with Crippen LogP contribution in [0.1, 0.15) is 11.1 Å². The van der Waals surface area contributed by atoms with Gasteiger partial charge in [-0.25, -0.2) is 4.18 Å². The van der Waals surface area contributed by atoms with Crippen molar-refractivity contribution >= 4 is 10.5 Å². The van der Waals surface area contributed by atoms with Crippen molar-refractivity contribution in [2.24, 2.45) is 0 Å². The van der Waals surface area contributed by atoms with Gasteiger partial charge in [0.2, 0.25) is 0 Å². The smallest absolute Gasteiger partial charge is 0.240 e. The van der Waals surface area contributed by atoms with Crippen LogP contribution in [0.25, 0.3) is 0 Å². The number of halogens is 1. The summed E-state index contributed by atoms with van der Waals surface area (Å²) in [5, 5.41) is 0. The molecule has 0 amide bonds. The second kappa shape index (κ2) is 3.85. The van der Waals surface area contributed by atoms with E-state index in [1.807, 2.05) is 6.92 Å². The summed E-state index contributed by atoms with van der Waals surface area (Å²) in [6.45, 7) is 1.63. The van der Waals surface area contributed by atoms with Gasteiger partial charge in [0.1, 0.15) is 0 Å². The highest BCUT2D eigenvalue weighted by atomic mass is 32.3. The zero-order chi connectivity index (χ0) is 9.90. The minimum absolute atomic E-state index is 0.265. The molecule has 13 heavy (non-hydrogen) atoms. The summed E-state index contributed by atoms with van der Waals surface area (Å²) in [4.78, 5) is 0. The maximum atomic E-state index is 11.9. The van der Waals surface area contributed by atoms with Gasteiger partial charge >= 0.3 is 10.5 Å². The Morgan fingerprint density at radius 2 is 1.85 bits per heavy atom. The second-order valence-electron chi connectivity index (χ2n) is 2.64. The minimum atomic E-state index is -4.83. The van der Waals surface area contributed by atoms with Gasteiger partial charge in [0.15, 0.2) is 0 Å². The molecule has 0 fully saturated rings. The van der Waals surface area contributed by atoms with Crippen LogP contribution in [-0.2, 0) is 21.3 Å². The first kappa shape index (κ1) is 10.1. The standard InChI is InChI=1S/C8H9FO3S/c1-7-2-4-8(5-3-7)6-12-13(9,10)11/h2-5H,6H2,1H3. The third-order valence-corrected chi connectivity index (χ3v) is 1.89. The Balaban J connectivity index is 2.61. The number of hydrogen-bond acceptors (Lipinski definition) is 3. The average Bonchev–Trinajstić information content (AvgIpc) is 2.02. The molecule has 0 heterocycles. The molecule has 0 aliphatic heterocycles. The van der Waals surface area contributed by atoms with Crippen molar-refractivity contribution in [3.05, 3.63) is 35.4 Å². The molecule has 3 nitrogen and oxygen atoms in total. The van der Waals surface area contributed by atoms with Gasteiger partial charge in [-0.05, 0) is 12.5 Å². The van der Waals surface area contributed by atoms with Crippen molar-refractivity contribution in [3.63, 3.8) is 0 Å².